The Morgan fingerprint density at radius 3 is 2.77 bits per heavy atom. The maximum absolute atomic E-state index is 9.15. The third-order valence-corrected chi connectivity index (χ3v) is 4.28. The average molecular weight is 298 g/mol. The summed E-state index contributed by atoms with van der Waals surface area (Å²) in [6.45, 7) is 3.20. The highest BCUT2D eigenvalue weighted by Crippen LogP contribution is 2.48. The second-order valence-corrected chi connectivity index (χ2v) is 5.96. The fourth-order valence-electron chi connectivity index (χ4n) is 2.59. The highest BCUT2D eigenvalue weighted by atomic mass is 16.3. The van der Waals surface area contributed by atoms with Crippen LogP contribution in [-0.2, 0) is 6.42 Å². The molecule has 2 aromatic heterocycles. The van der Waals surface area contributed by atoms with E-state index >= 15 is 0 Å². The third kappa shape index (κ3) is 3.42. The molecule has 0 aliphatic heterocycles. The van der Waals surface area contributed by atoms with Crippen molar-refractivity contribution in [3.8, 4) is 11.5 Å². The summed E-state index contributed by atoms with van der Waals surface area (Å²) in [5.41, 5.74) is 2.06. The molecule has 2 heterocycles. The van der Waals surface area contributed by atoms with Crippen molar-refractivity contribution in [2.75, 3.05) is 18.5 Å². The lowest BCUT2D eigenvalue weighted by molar-refractivity contribution is 0.253. The highest BCUT2D eigenvalue weighted by Gasteiger charge is 2.41. The first-order valence-corrected chi connectivity index (χ1v) is 7.89. The van der Waals surface area contributed by atoms with Crippen LogP contribution in [0.1, 0.15) is 31.9 Å². The predicted molar refractivity (Wildman–Crippen MR) is 86.5 cm³/mol. The van der Waals surface area contributed by atoms with Crippen LogP contribution < -0.4 is 5.32 Å². The van der Waals surface area contributed by atoms with Gasteiger partial charge < -0.3 is 10.4 Å². The van der Waals surface area contributed by atoms with Gasteiger partial charge in [-0.3, -0.25) is 4.98 Å². The van der Waals surface area contributed by atoms with Crippen molar-refractivity contribution in [2.45, 2.75) is 32.6 Å². The fourth-order valence-corrected chi connectivity index (χ4v) is 2.59. The molecule has 116 valence electrons. The second kappa shape index (κ2) is 6.40. The summed E-state index contributed by atoms with van der Waals surface area (Å²) >= 11 is 0. The van der Waals surface area contributed by atoms with E-state index in [1.807, 2.05) is 24.3 Å². The molecular formula is C17H22N4O. The molecule has 0 radical (unpaired) electrons. The van der Waals surface area contributed by atoms with Gasteiger partial charge in [-0.25, -0.2) is 9.97 Å². The summed E-state index contributed by atoms with van der Waals surface area (Å²) < 4.78 is 0. The molecule has 1 fully saturated rings. The number of aryl methyl sites for hydroxylation is 1. The Hall–Kier alpha value is -2.01. The van der Waals surface area contributed by atoms with Gasteiger partial charge in [0.15, 0.2) is 5.82 Å². The maximum Gasteiger partial charge on any atom is 0.180 e. The fraction of sp³-hybridized carbons (Fsp3) is 0.471. The largest absolute Gasteiger partial charge is 0.396 e. The standard InChI is InChI=1S/C17H22N4O/c1-2-13-11-15(19-12-17(6-7-17)8-10-22)21-16(20-13)14-5-3-4-9-18-14/h3-5,9,11,22H,2,6-8,10,12H2,1H3,(H,19,20,21). The Morgan fingerprint density at radius 1 is 1.27 bits per heavy atom. The van der Waals surface area contributed by atoms with Crippen LogP contribution in [0.25, 0.3) is 11.5 Å². The third-order valence-electron chi connectivity index (χ3n) is 4.28. The zero-order valence-corrected chi connectivity index (χ0v) is 12.9. The molecule has 0 bridgehead atoms. The molecule has 2 N–H and O–H groups in total. The summed E-state index contributed by atoms with van der Waals surface area (Å²) in [7, 11) is 0. The van der Waals surface area contributed by atoms with Gasteiger partial charge in [-0.05, 0) is 43.2 Å². The van der Waals surface area contributed by atoms with E-state index in [9.17, 15) is 0 Å². The van der Waals surface area contributed by atoms with Crippen LogP contribution in [0.3, 0.4) is 0 Å². The minimum Gasteiger partial charge on any atom is -0.396 e. The van der Waals surface area contributed by atoms with E-state index in [0.717, 1.165) is 36.6 Å². The van der Waals surface area contributed by atoms with Crippen molar-refractivity contribution in [3.05, 3.63) is 36.2 Å². The normalized spacial score (nSPS) is 15.5. The first-order valence-electron chi connectivity index (χ1n) is 7.89. The topological polar surface area (TPSA) is 70.9 Å². The Bertz CT molecular complexity index is 626. The predicted octanol–water partition coefficient (Wildman–Crippen LogP) is 2.68. The minimum absolute atomic E-state index is 0.255. The van der Waals surface area contributed by atoms with E-state index in [2.05, 4.69) is 27.2 Å². The Morgan fingerprint density at radius 2 is 2.14 bits per heavy atom. The molecule has 5 nitrogen and oxygen atoms in total. The second-order valence-electron chi connectivity index (χ2n) is 5.96. The molecule has 3 rings (SSSR count). The number of hydrogen-bond acceptors (Lipinski definition) is 5. The zero-order chi connectivity index (χ0) is 15.4. The smallest absolute Gasteiger partial charge is 0.180 e. The van der Waals surface area contributed by atoms with Gasteiger partial charge in [0.25, 0.3) is 0 Å². The number of pyridine rings is 1. The van der Waals surface area contributed by atoms with E-state index in [-0.39, 0.29) is 12.0 Å². The highest BCUT2D eigenvalue weighted by molar-refractivity contribution is 5.53. The number of anilines is 1. The molecule has 0 amide bonds. The van der Waals surface area contributed by atoms with E-state index in [1.54, 1.807) is 6.20 Å². The number of nitrogens with one attached hydrogen (secondary N) is 1. The number of aliphatic hydroxyl groups excluding tert-OH is 1. The lowest BCUT2D eigenvalue weighted by Gasteiger charge is -2.15. The number of hydrogen-bond donors (Lipinski definition) is 2. The van der Waals surface area contributed by atoms with Crippen molar-refractivity contribution in [2.24, 2.45) is 5.41 Å². The van der Waals surface area contributed by atoms with Crippen LogP contribution >= 0.6 is 0 Å². The molecule has 1 saturated carbocycles. The van der Waals surface area contributed by atoms with Crippen LogP contribution in [-0.4, -0.2) is 33.2 Å². The van der Waals surface area contributed by atoms with Crippen LogP contribution in [0.4, 0.5) is 5.82 Å². The molecular weight excluding hydrogens is 276 g/mol. The van der Waals surface area contributed by atoms with Crippen molar-refractivity contribution in [3.63, 3.8) is 0 Å². The SMILES string of the molecule is CCc1cc(NCC2(CCO)CC2)nc(-c2ccccn2)n1. The number of nitrogens with zero attached hydrogens (tertiary/aromatic N) is 3. The van der Waals surface area contributed by atoms with Gasteiger partial charge in [-0.15, -0.1) is 0 Å². The van der Waals surface area contributed by atoms with Crippen molar-refractivity contribution < 1.29 is 5.11 Å². The summed E-state index contributed by atoms with van der Waals surface area (Å²) in [5.74, 6) is 1.51. The van der Waals surface area contributed by atoms with E-state index in [1.165, 1.54) is 12.8 Å². The Kier molecular flexibility index (Phi) is 4.34. The average Bonchev–Trinajstić information content (AvgIpc) is 3.34. The van der Waals surface area contributed by atoms with E-state index in [0.29, 0.717) is 5.82 Å². The molecule has 22 heavy (non-hydrogen) atoms. The molecule has 2 aromatic rings. The summed E-state index contributed by atoms with van der Waals surface area (Å²) in [5, 5.41) is 12.6. The van der Waals surface area contributed by atoms with Crippen LogP contribution in [0.2, 0.25) is 0 Å². The van der Waals surface area contributed by atoms with E-state index in [4.69, 9.17) is 5.11 Å². The molecule has 0 spiro atoms. The molecule has 0 saturated heterocycles. The zero-order valence-electron chi connectivity index (χ0n) is 12.9. The minimum atomic E-state index is 0.255. The summed E-state index contributed by atoms with van der Waals surface area (Å²) in [6, 6.07) is 7.75. The lowest BCUT2D eigenvalue weighted by atomic mass is 10.0. The van der Waals surface area contributed by atoms with Gasteiger partial charge >= 0.3 is 0 Å². The van der Waals surface area contributed by atoms with Gasteiger partial charge in [0.1, 0.15) is 11.5 Å². The van der Waals surface area contributed by atoms with Crippen molar-refractivity contribution in [1.82, 2.24) is 15.0 Å². The Labute approximate surface area is 130 Å². The van der Waals surface area contributed by atoms with Crippen LogP contribution in [0, 0.1) is 5.41 Å². The van der Waals surface area contributed by atoms with Gasteiger partial charge in [0, 0.05) is 31.1 Å². The summed E-state index contributed by atoms with van der Waals surface area (Å²) in [6.07, 6.45) is 5.83. The number of aliphatic hydroxyl groups is 1. The monoisotopic (exact) mass is 298 g/mol. The van der Waals surface area contributed by atoms with Gasteiger partial charge in [-0.2, -0.15) is 0 Å². The first kappa shape index (κ1) is 14.9. The summed E-state index contributed by atoms with van der Waals surface area (Å²) in [4.78, 5) is 13.5. The molecule has 1 aliphatic rings. The van der Waals surface area contributed by atoms with Crippen molar-refractivity contribution >= 4 is 5.82 Å². The molecule has 5 heteroatoms. The quantitative estimate of drug-likeness (QED) is 0.822. The Balaban J connectivity index is 1.79. The van der Waals surface area contributed by atoms with Gasteiger partial charge in [0.2, 0.25) is 0 Å². The molecule has 0 aromatic carbocycles. The molecule has 0 atom stereocenters. The molecule has 0 unspecified atom stereocenters. The van der Waals surface area contributed by atoms with E-state index < -0.39 is 0 Å². The van der Waals surface area contributed by atoms with Crippen molar-refractivity contribution in [1.29, 1.82) is 0 Å². The van der Waals surface area contributed by atoms with Gasteiger partial charge in [0.05, 0.1) is 0 Å². The maximum atomic E-state index is 9.15. The lowest BCUT2D eigenvalue weighted by Crippen LogP contribution is -2.18. The van der Waals surface area contributed by atoms with Gasteiger partial charge in [-0.1, -0.05) is 13.0 Å². The molecule has 1 aliphatic carbocycles. The number of rotatable bonds is 7. The van der Waals surface area contributed by atoms with Crippen LogP contribution in [0.5, 0.6) is 0 Å². The first-order chi connectivity index (χ1) is 10.7. The number of aromatic nitrogens is 3. The van der Waals surface area contributed by atoms with Crippen LogP contribution in [0.15, 0.2) is 30.5 Å².